The molecular formula is C22H21N3OS. The van der Waals surface area contributed by atoms with Gasteiger partial charge in [0.15, 0.2) is 0 Å². The Hall–Kier alpha value is -2.92. The molecule has 5 heteroatoms. The fraction of sp³-hybridized carbons (Fsp3) is 0.182. The third-order valence-electron chi connectivity index (χ3n) is 4.80. The van der Waals surface area contributed by atoms with Crippen LogP contribution in [0.1, 0.15) is 17.0 Å². The maximum absolute atomic E-state index is 5.28. The minimum absolute atomic E-state index is 0.762. The zero-order chi connectivity index (χ0) is 19.0. The summed E-state index contributed by atoms with van der Waals surface area (Å²) in [4.78, 5) is 10.3. The van der Waals surface area contributed by atoms with Crippen LogP contribution in [0.2, 0.25) is 0 Å². The number of nitrogens with zero attached hydrogens (tertiary/aromatic N) is 2. The molecule has 0 aliphatic rings. The van der Waals surface area contributed by atoms with Crippen molar-refractivity contribution in [3.8, 4) is 16.9 Å². The molecule has 0 atom stereocenters. The van der Waals surface area contributed by atoms with E-state index < -0.39 is 0 Å². The predicted octanol–water partition coefficient (Wildman–Crippen LogP) is 6.04. The molecule has 0 saturated carbocycles. The molecule has 0 amide bonds. The highest BCUT2D eigenvalue weighted by atomic mass is 32.1. The molecule has 0 radical (unpaired) electrons. The number of nitrogens with one attached hydrogen (secondary N) is 1. The molecule has 0 spiro atoms. The Balaban J connectivity index is 1.86. The molecule has 136 valence electrons. The summed E-state index contributed by atoms with van der Waals surface area (Å²) in [5.74, 6) is 2.45. The number of hydrogen-bond donors (Lipinski definition) is 1. The summed E-state index contributed by atoms with van der Waals surface area (Å²) in [7, 11) is 1.68. The van der Waals surface area contributed by atoms with Gasteiger partial charge in [-0.3, -0.25) is 0 Å². The average Bonchev–Trinajstić information content (AvgIpc) is 3.09. The van der Waals surface area contributed by atoms with Crippen LogP contribution >= 0.6 is 11.3 Å². The number of fused-ring (bicyclic) bond motifs is 1. The zero-order valence-electron chi connectivity index (χ0n) is 15.8. The van der Waals surface area contributed by atoms with Gasteiger partial charge >= 0.3 is 0 Å². The van der Waals surface area contributed by atoms with Gasteiger partial charge in [-0.1, -0.05) is 24.3 Å². The minimum Gasteiger partial charge on any atom is -0.497 e. The molecule has 27 heavy (non-hydrogen) atoms. The molecule has 2 heterocycles. The second-order valence-corrected chi connectivity index (χ2v) is 7.41. The Kier molecular flexibility index (Phi) is 4.54. The standard InChI is InChI=1S/C22H21N3OS/c1-13-6-5-7-19(14(13)2)25-21-20-18(12-27-22(20)24-15(3)23-21)16-8-10-17(26-4)11-9-16/h5-12H,1-4H3,(H,23,24,25). The number of rotatable bonds is 4. The summed E-state index contributed by atoms with van der Waals surface area (Å²) in [5, 5.41) is 6.75. The van der Waals surface area contributed by atoms with Gasteiger partial charge in [0.05, 0.1) is 12.5 Å². The molecule has 0 saturated heterocycles. The lowest BCUT2D eigenvalue weighted by molar-refractivity contribution is 0.415. The second kappa shape index (κ2) is 7.00. The Bertz CT molecular complexity index is 1120. The topological polar surface area (TPSA) is 47.0 Å². The molecular weight excluding hydrogens is 354 g/mol. The van der Waals surface area contributed by atoms with Crippen LogP contribution in [-0.4, -0.2) is 17.1 Å². The Morgan fingerprint density at radius 3 is 2.48 bits per heavy atom. The van der Waals surface area contributed by atoms with E-state index in [1.165, 1.54) is 11.1 Å². The van der Waals surface area contributed by atoms with Crippen LogP contribution < -0.4 is 10.1 Å². The van der Waals surface area contributed by atoms with E-state index in [1.54, 1.807) is 18.4 Å². The average molecular weight is 375 g/mol. The van der Waals surface area contributed by atoms with Crippen LogP contribution in [0.5, 0.6) is 5.75 Å². The highest BCUT2D eigenvalue weighted by molar-refractivity contribution is 7.17. The van der Waals surface area contributed by atoms with Crippen molar-refractivity contribution in [3.05, 3.63) is 64.8 Å². The van der Waals surface area contributed by atoms with Gasteiger partial charge in [-0.25, -0.2) is 9.97 Å². The lowest BCUT2D eigenvalue weighted by atomic mass is 10.1. The van der Waals surface area contributed by atoms with E-state index in [4.69, 9.17) is 9.72 Å². The molecule has 4 aromatic rings. The van der Waals surface area contributed by atoms with Gasteiger partial charge < -0.3 is 10.1 Å². The van der Waals surface area contributed by atoms with E-state index in [0.29, 0.717) is 0 Å². The van der Waals surface area contributed by atoms with E-state index in [0.717, 1.165) is 44.4 Å². The molecule has 0 unspecified atom stereocenters. The molecule has 0 bridgehead atoms. The maximum atomic E-state index is 5.28. The first-order valence-electron chi connectivity index (χ1n) is 8.80. The number of thiophene rings is 1. The van der Waals surface area contributed by atoms with Gasteiger partial charge in [-0.05, 0) is 55.7 Å². The minimum atomic E-state index is 0.762. The molecule has 0 aliphatic heterocycles. The molecule has 4 nitrogen and oxygen atoms in total. The summed E-state index contributed by atoms with van der Waals surface area (Å²) in [6.07, 6.45) is 0. The largest absolute Gasteiger partial charge is 0.497 e. The highest BCUT2D eigenvalue weighted by Crippen LogP contribution is 2.38. The predicted molar refractivity (Wildman–Crippen MR) is 113 cm³/mol. The third-order valence-corrected chi connectivity index (χ3v) is 5.68. The van der Waals surface area contributed by atoms with Crippen molar-refractivity contribution in [1.29, 1.82) is 0 Å². The number of aromatic nitrogens is 2. The van der Waals surface area contributed by atoms with Crippen molar-refractivity contribution >= 4 is 33.1 Å². The summed E-state index contributed by atoms with van der Waals surface area (Å²) in [5.41, 5.74) is 5.80. The van der Waals surface area contributed by atoms with Crippen LogP contribution in [0.4, 0.5) is 11.5 Å². The number of aryl methyl sites for hydroxylation is 2. The number of anilines is 2. The van der Waals surface area contributed by atoms with Gasteiger partial charge in [0.1, 0.15) is 22.2 Å². The van der Waals surface area contributed by atoms with Crippen molar-refractivity contribution in [3.63, 3.8) is 0 Å². The smallest absolute Gasteiger partial charge is 0.143 e. The van der Waals surface area contributed by atoms with E-state index in [1.807, 2.05) is 19.1 Å². The molecule has 2 aromatic carbocycles. The lowest BCUT2D eigenvalue weighted by Gasteiger charge is -2.13. The van der Waals surface area contributed by atoms with Crippen LogP contribution in [-0.2, 0) is 0 Å². The van der Waals surface area contributed by atoms with Gasteiger partial charge in [-0.15, -0.1) is 11.3 Å². The van der Waals surface area contributed by atoms with Crippen molar-refractivity contribution in [1.82, 2.24) is 9.97 Å². The zero-order valence-corrected chi connectivity index (χ0v) is 16.6. The van der Waals surface area contributed by atoms with Crippen molar-refractivity contribution in [2.75, 3.05) is 12.4 Å². The summed E-state index contributed by atoms with van der Waals surface area (Å²) in [6.45, 7) is 6.18. The van der Waals surface area contributed by atoms with Crippen molar-refractivity contribution in [2.45, 2.75) is 20.8 Å². The Labute approximate surface area is 162 Å². The summed E-state index contributed by atoms with van der Waals surface area (Å²) < 4.78 is 5.28. The van der Waals surface area contributed by atoms with Crippen molar-refractivity contribution in [2.24, 2.45) is 0 Å². The second-order valence-electron chi connectivity index (χ2n) is 6.55. The first kappa shape index (κ1) is 17.5. The van der Waals surface area contributed by atoms with Gasteiger partial charge in [0, 0.05) is 16.6 Å². The van der Waals surface area contributed by atoms with E-state index in [-0.39, 0.29) is 0 Å². The fourth-order valence-corrected chi connectivity index (χ4v) is 4.13. The van der Waals surface area contributed by atoms with Crippen LogP contribution in [0.25, 0.3) is 21.3 Å². The molecule has 0 aliphatic carbocycles. The Morgan fingerprint density at radius 1 is 0.963 bits per heavy atom. The molecule has 0 fully saturated rings. The van der Waals surface area contributed by atoms with Crippen LogP contribution in [0.3, 0.4) is 0 Å². The third kappa shape index (κ3) is 3.26. The lowest BCUT2D eigenvalue weighted by Crippen LogP contribution is -2.00. The van der Waals surface area contributed by atoms with Gasteiger partial charge in [0.2, 0.25) is 0 Å². The van der Waals surface area contributed by atoms with Crippen LogP contribution in [0.15, 0.2) is 47.8 Å². The number of benzene rings is 2. The monoisotopic (exact) mass is 375 g/mol. The maximum Gasteiger partial charge on any atom is 0.143 e. The molecule has 2 aromatic heterocycles. The van der Waals surface area contributed by atoms with Crippen molar-refractivity contribution < 1.29 is 4.74 Å². The SMILES string of the molecule is COc1ccc(-c2csc3nc(C)nc(Nc4cccc(C)c4C)c23)cc1. The number of hydrogen-bond acceptors (Lipinski definition) is 5. The molecule has 4 rings (SSSR count). The fourth-order valence-electron chi connectivity index (χ4n) is 3.14. The first-order valence-corrected chi connectivity index (χ1v) is 9.68. The first-order chi connectivity index (χ1) is 13.1. The Morgan fingerprint density at radius 2 is 1.74 bits per heavy atom. The summed E-state index contributed by atoms with van der Waals surface area (Å²) in [6, 6.07) is 14.4. The normalized spacial score (nSPS) is 11.0. The quantitative estimate of drug-likeness (QED) is 0.473. The highest BCUT2D eigenvalue weighted by Gasteiger charge is 2.15. The van der Waals surface area contributed by atoms with Crippen LogP contribution in [0, 0.1) is 20.8 Å². The van der Waals surface area contributed by atoms with E-state index >= 15 is 0 Å². The van der Waals surface area contributed by atoms with Gasteiger partial charge in [-0.2, -0.15) is 0 Å². The number of ether oxygens (including phenoxy) is 1. The van der Waals surface area contributed by atoms with E-state index in [2.05, 4.69) is 59.9 Å². The van der Waals surface area contributed by atoms with Gasteiger partial charge in [0.25, 0.3) is 0 Å². The summed E-state index contributed by atoms with van der Waals surface area (Å²) >= 11 is 1.64. The van der Waals surface area contributed by atoms with E-state index in [9.17, 15) is 0 Å². The number of methoxy groups -OCH3 is 1. The molecule has 1 N–H and O–H groups in total.